The zero-order valence-corrected chi connectivity index (χ0v) is 13.2. The largest absolute Gasteiger partial charge is 0.459 e. The Bertz CT molecular complexity index is 411. The standard InChI is InChI=1S/C10H18N6O2S2/c1-4-8(17)18-6-7(14-16-10(20)12-3)5-13-15-9(19)11-2/h5H,4,6H2,1-3H3,(H2,11,15,19)(H2,12,16,20). The van der Waals surface area contributed by atoms with E-state index in [0.29, 0.717) is 15.9 Å². The van der Waals surface area contributed by atoms with Crippen LogP contribution < -0.4 is 21.5 Å². The van der Waals surface area contributed by atoms with E-state index in [-0.39, 0.29) is 19.0 Å². The van der Waals surface area contributed by atoms with Gasteiger partial charge in [0, 0.05) is 20.5 Å². The summed E-state index contributed by atoms with van der Waals surface area (Å²) in [6.07, 6.45) is 1.66. The Morgan fingerprint density at radius 3 is 2.35 bits per heavy atom. The maximum Gasteiger partial charge on any atom is 0.305 e. The summed E-state index contributed by atoms with van der Waals surface area (Å²) < 4.78 is 4.96. The van der Waals surface area contributed by atoms with Crippen LogP contribution in [0.25, 0.3) is 0 Å². The first-order valence-electron chi connectivity index (χ1n) is 5.74. The molecule has 0 atom stereocenters. The van der Waals surface area contributed by atoms with Gasteiger partial charge < -0.3 is 15.4 Å². The van der Waals surface area contributed by atoms with Crippen molar-refractivity contribution < 1.29 is 9.53 Å². The first-order chi connectivity index (χ1) is 9.53. The van der Waals surface area contributed by atoms with Crippen molar-refractivity contribution in [2.24, 2.45) is 10.2 Å². The van der Waals surface area contributed by atoms with E-state index in [1.54, 1.807) is 21.0 Å². The van der Waals surface area contributed by atoms with E-state index in [9.17, 15) is 4.79 Å². The Morgan fingerprint density at radius 2 is 1.80 bits per heavy atom. The van der Waals surface area contributed by atoms with Crippen molar-refractivity contribution in [1.29, 1.82) is 0 Å². The van der Waals surface area contributed by atoms with Crippen LogP contribution in [0, 0.1) is 0 Å². The van der Waals surface area contributed by atoms with Crippen molar-refractivity contribution in [2.45, 2.75) is 13.3 Å². The van der Waals surface area contributed by atoms with Gasteiger partial charge in [0.05, 0.1) is 6.21 Å². The predicted molar refractivity (Wildman–Crippen MR) is 86.8 cm³/mol. The fourth-order valence-electron chi connectivity index (χ4n) is 0.755. The average Bonchev–Trinajstić information content (AvgIpc) is 2.47. The molecule has 20 heavy (non-hydrogen) atoms. The fraction of sp³-hybridized carbons (Fsp3) is 0.500. The lowest BCUT2D eigenvalue weighted by Crippen LogP contribution is -2.31. The topological polar surface area (TPSA) is 99.1 Å². The minimum Gasteiger partial charge on any atom is -0.459 e. The Kier molecular flexibility index (Phi) is 10.1. The molecule has 0 aliphatic carbocycles. The number of thiocarbonyl (C=S) groups is 2. The van der Waals surface area contributed by atoms with Gasteiger partial charge in [-0.1, -0.05) is 6.92 Å². The second-order valence-electron chi connectivity index (χ2n) is 3.26. The molecule has 0 aromatic carbocycles. The molecule has 0 aliphatic rings. The van der Waals surface area contributed by atoms with Gasteiger partial charge in [-0.2, -0.15) is 10.2 Å². The number of carbonyl (C=O) groups is 1. The minimum atomic E-state index is -0.332. The summed E-state index contributed by atoms with van der Waals surface area (Å²) in [5.74, 6) is -0.332. The molecule has 0 spiro atoms. The second kappa shape index (κ2) is 11.1. The van der Waals surface area contributed by atoms with Crippen molar-refractivity contribution in [1.82, 2.24) is 21.5 Å². The number of hydrogen-bond donors (Lipinski definition) is 4. The zero-order chi connectivity index (χ0) is 15.4. The van der Waals surface area contributed by atoms with Gasteiger partial charge >= 0.3 is 5.97 Å². The van der Waals surface area contributed by atoms with Crippen molar-refractivity contribution in [3.63, 3.8) is 0 Å². The number of ether oxygens (including phenoxy) is 1. The molecule has 0 fully saturated rings. The first kappa shape index (κ1) is 18.2. The molecule has 112 valence electrons. The van der Waals surface area contributed by atoms with E-state index < -0.39 is 0 Å². The van der Waals surface area contributed by atoms with Crippen molar-refractivity contribution in [2.75, 3.05) is 20.7 Å². The Hall–Kier alpha value is -1.81. The maximum absolute atomic E-state index is 11.1. The summed E-state index contributed by atoms with van der Waals surface area (Å²) in [7, 11) is 3.32. The molecule has 0 aromatic rings. The van der Waals surface area contributed by atoms with Crippen LogP contribution in [0.2, 0.25) is 0 Å². The number of hydrogen-bond acceptors (Lipinski definition) is 6. The number of rotatable bonds is 6. The SMILES string of the molecule is CCC(=O)OCC(C=NNC(=S)NC)=NNC(=S)NC. The second-order valence-corrected chi connectivity index (χ2v) is 4.07. The minimum absolute atomic E-state index is 0.0243. The first-order valence-corrected chi connectivity index (χ1v) is 6.55. The molecule has 0 bridgehead atoms. The van der Waals surface area contributed by atoms with Gasteiger partial charge in [0.25, 0.3) is 0 Å². The average molecular weight is 318 g/mol. The molecule has 0 rings (SSSR count). The van der Waals surface area contributed by atoms with Gasteiger partial charge in [-0.15, -0.1) is 0 Å². The highest BCUT2D eigenvalue weighted by Crippen LogP contribution is 1.86. The van der Waals surface area contributed by atoms with Crippen molar-refractivity contribution in [3.05, 3.63) is 0 Å². The van der Waals surface area contributed by atoms with Crippen LogP contribution in [-0.4, -0.2) is 48.8 Å². The highest BCUT2D eigenvalue weighted by atomic mass is 32.1. The van der Waals surface area contributed by atoms with E-state index in [1.165, 1.54) is 6.21 Å². The third-order valence-corrected chi connectivity index (χ3v) is 2.40. The lowest BCUT2D eigenvalue weighted by molar-refractivity contribution is -0.141. The molecule has 8 nitrogen and oxygen atoms in total. The van der Waals surface area contributed by atoms with Crippen LogP contribution in [0.15, 0.2) is 10.2 Å². The van der Waals surface area contributed by atoms with Crippen molar-refractivity contribution in [3.8, 4) is 0 Å². The summed E-state index contributed by atoms with van der Waals surface area (Å²) in [6.45, 7) is 1.68. The normalized spacial score (nSPS) is 10.8. The molecule has 0 aromatic heterocycles. The lowest BCUT2D eigenvalue weighted by atomic mass is 10.4. The van der Waals surface area contributed by atoms with Crippen molar-refractivity contribution >= 4 is 52.6 Å². The molecular weight excluding hydrogens is 300 g/mol. The number of carbonyl (C=O) groups excluding carboxylic acids is 1. The number of esters is 1. The van der Waals surface area contributed by atoms with E-state index in [2.05, 4.69) is 31.7 Å². The van der Waals surface area contributed by atoms with Gasteiger partial charge in [0.2, 0.25) is 0 Å². The molecule has 0 amide bonds. The quantitative estimate of drug-likeness (QED) is 0.224. The molecule has 4 N–H and O–H groups in total. The van der Waals surface area contributed by atoms with Gasteiger partial charge in [-0.25, -0.2) is 0 Å². The Balaban J connectivity index is 4.56. The zero-order valence-electron chi connectivity index (χ0n) is 11.5. The van der Waals surface area contributed by atoms with Gasteiger partial charge in [-0.05, 0) is 24.4 Å². The highest BCUT2D eigenvalue weighted by Gasteiger charge is 2.03. The number of nitrogens with one attached hydrogen (secondary N) is 4. The maximum atomic E-state index is 11.1. The summed E-state index contributed by atoms with van der Waals surface area (Å²) in [4.78, 5) is 11.1. The van der Waals surface area contributed by atoms with Gasteiger partial charge in [0.1, 0.15) is 12.3 Å². The Morgan fingerprint density at radius 1 is 1.20 bits per heavy atom. The van der Waals surface area contributed by atoms with E-state index in [0.717, 1.165) is 0 Å². The summed E-state index contributed by atoms with van der Waals surface area (Å²) in [6, 6.07) is 0. The molecule has 10 heteroatoms. The molecular formula is C10H18N6O2S2. The van der Waals surface area contributed by atoms with Gasteiger partial charge in [-0.3, -0.25) is 15.6 Å². The van der Waals surface area contributed by atoms with Crippen LogP contribution in [0.4, 0.5) is 0 Å². The highest BCUT2D eigenvalue weighted by molar-refractivity contribution is 7.80. The molecule has 0 saturated carbocycles. The number of nitrogens with zero attached hydrogens (tertiary/aromatic N) is 2. The van der Waals surface area contributed by atoms with Crippen LogP contribution in [0.1, 0.15) is 13.3 Å². The molecule has 0 unspecified atom stereocenters. The third kappa shape index (κ3) is 9.16. The molecule has 0 aliphatic heterocycles. The lowest BCUT2D eigenvalue weighted by Gasteiger charge is -2.06. The van der Waals surface area contributed by atoms with Crippen LogP contribution in [0.3, 0.4) is 0 Å². The fourth-order valence-corrected chi connectivity index (χ4v) is 0.853. The Labute approximate surface area is 128 Å². The van der Waals surface area contributed by atoms with E-state index >= 15 is 0 Å². The van der Waals surface area contributed by atoms with E-state index in [4.69, 9.17) is 29.2 Å². The smallest absolute Gasteiger partial charge is 0.305 e. The monoisotopic (exact) mass is 318 g/mol. The molecule has 0 radical (unpaired) electrons. The molecule has 0 heterocycles. The van der Waals surface area contributed by atoms with Crippen LogP contribution in [-0.2, 0) is 9.53 Å². The van der Waals surface area contributed by atoms with E-state index in [1.807, 2.05) is 0 Å². The third-order valence-electron chi connectivity index (χ3n) is 1.80. The number of hydrazone groups is 2. The van der Waals surface area contributed by atoms with Crippen LogP contribution in [0.5, 0.6) is 0 Å². The van der Waals surface area contributed by atoms with Gasteiger partial charge in [0.15, 0.2) is 10.2 Å². The summed E-state index contributed by atoms with van der Waals surface area (Å²) in [5, 5.41) is 13.9. The predicted octanol–water partition coefficient (Wildman–Crippen LogP) is -0.531. The molecule has 0 saturated heterocycles. The summed E-state index contributed by atoms with van der Waals surface area (Å²) >= 11 is 9.73. The van der Waals surface area contributed by atoms with Crippen LogP contribution >= 0.6 is 24.4 Å². The summed E-state index contributed by atoms with van der Waals surface area (Å²) in [5.41, 5.74) is 5.51.